The van der Waals surface area contributed by atoms with Crippen LogP contribution in [0.15, 0.2) is 36.4 Å². The van der Waals surface area contributed by atoms with Crippen molar-refractivity contribution >= 4 is 30.5 Å². The Hall–Kier alpha value is -3.87. The fraction of sp³-hybridized carbons (Fsp3) is 0.357. The smallest absolute Gasteiger partial charge is 0.251 e. The average Bonchev–Trinajstić information content (AvgIpc) is 2.90. The predicted octanol–water partition coefficient (Wildman–Crippen LogP) is 1.89. The van der Waals surface area contributed by atoms with Gasteiger partial charge in [-0.25, -0.2) is 4.39 Å². The number of hydrogen-bond acceptors (Lipinski definition) is 7. The van der Waals surface area contributed by atoms with E-state index < -0.39 is 17.8 Å². The molecule has 37 heavy (non-hydrogen) atoms. The zero-order chi connectivity index (χ0) is 26.8. The lowest BCUT2D eigenvalue weighted by atomic mass is 10.0. The Bertz CT molecular complexity index is 1200. The summed E-state index contributed by atoms with van der Waals surface area (Å²) in [6.07, 6.45) is 3.10. The molecule has 0 aromatic heterocycles. The number of aldehydes is 3. The van der Waals surface area contributed by atoms with Crippen LogP contribution in [0.25, 0.3) is 0 Å². The molecule has 0 radical (unpaired) electrons. The SMILES string of the molecule is CN(Cc1c(C#CCN2CCN(c3ccc(C(N)=O)c(F)c3)CC2)cccc1C=O)C(C=O)CCC=O. The summed E-state index contributed by atoms with van der Waals surface area (Å²) in [5, 5.41) is 0. The summed E-state index contributed by atoms with van der Waals surface area (Å²) < 4.78 is 14.1. The maximum Gasteiger partial charge on any atom is 0.251 e. The summed E-state index contributed by atoms with van der Waals surface area (Å²) in [5.74, 6) is 4.96. The molecule has 2 aromatic carbocycles. The molecule has 2 N–H and O–H groups in total. The van der Waals surface area contributed by atoms with Crippen LogP contribution in [0.2, 0.25) is 0 Å². The molecule has 9 heteroatoms. The van der Waals surface area contributed by atoms with E-state index in [0.717, 1.165) is 43.1 Å². The van der Waals surface area contributed by atoms with E-state index in [1.165, 1.54) is 12.1 Å². The number of nitrogens with zero attached hydrogens (tertiary/aromatic N) is 3. The molecule has 1 fully saturated rings. The number of likely N-dealkylation sites (N-methyl/N-ethyl adjacent to an activating group) is 1. The molecule has 1 atom stereocenters. The van der Waals surface area contributed by atoms with Crippen LogP contribution in [0.1, 0.15) is 44.7 Å². The Morgan fingerprint density at radius 3 is 2.54 bits per heavy atom. The molecule has 0 aliphatic carbocycles. The van der Waals surface area contributed by atoms with E-state index in [2.05, 4.69) is 16.7 Å². The van der Waals surface area contributed by atoms with Crippen LogP contribution < -0.4 is 10.6 Å². The third-order valence-electron chi connectivity index (χ3n) is 6.53. The van der Waals surface area contributed by atoms with Crippen molar-refractivity contribution in [1.82, 2.24) is 9.80 Å². The van der Waals surface area contributed by atoms with E-state index in [1.54, 1.807) is 25.2 Å². The molecule has 0 saturated carbocycles. The largest absolute Gasteiger partial charge is 0.369 e. The first-order valence-electron chi connectivity index (χ1n) is 12.1. The summed E-state index contributed by atoms with van der Waals surface area (Å²) in [4.78, 5) is 51.2. The first kappa shape index (κ1) is 27.7. The van der Waals surface area contributed by atoms with Gasteiger partial charge >= 0.3 is 0 Å². The summed E-state index contributed by atoms with van der Waals surface area (Å²) in [6, 6.07) is 9.37. The van der Waals surface area contributed by atoms with Crippen molar-refractivity contribution in [2.75, 3.05) is 44.7 Å². The molecule has 8 nitrogen and oxygen atoms in total. The fourth-order valence-corrected chi connectivity index (χ4v) is 4.32. The zero-order valence-corrected chi connectivity index (χ0v) is 20.9. The van der Waals surface area contributed by atoms with Crippen molar-refractivity contribution in [2.45, 2.75) is 25.4 Å². The van der Waals surface area contributed by atoms with Crippen LogP contribution in [0.4, 0.5) is 10.1 Å². The predicted molar refractivity (Wildman–Crippen MR) is 139 cm³/mol. The Labute approximate surface area is 216 Å². The van der Waals surface area contributed by atoms with Gasteiger partial charge < -0.3 is 20.2 Å². The molecular formula is C28H31FN4O4. The van der Waals surface area contributed by atoms with E-state index in [9.17, 15) is 23.6 Å². The van der Waals surface area contributed by atoms with Crippen LogP contribution in [0.5, 0.6) is 0 Å². The fourth-order valence-electron chi connectivity index (χ4n) is 4.32. The van der Waals surface area contributed by atoms with Crippen molar-refractivity contribution in [3.8, 4) is 11.8 Å². The molecule has 1 amide bonds. The van der Waals surface area contributed by atoms with Gasteiger partial charge in [-0.3, -0.25) is 19.4 Å². The third-order valence-corrected chi connectivity index (χ3v) is 6.53. The highest BCUT2D eigenvalue weighted by Gasteiger charge is 2.19. The van der Waals surface area contributed by atoms with E-state index in [4.69, 9.17) is 5.73 Å². The average molecular weight is 507 g/mol. The Balaban J connectivity index is 1.64. The lowest BCUT2D eigenvalue weighted by molar-refractivity contribution is -0.113. The van der Waals surface area contributed by atoms with Crippen LogP contribution in [-0.2, 0) is 16.1 Å². The molecule has 3 rings (SSSR count). The minimum Gasteiger partial charge on any atom is -0.369 e. The lowest BCUT2D eigenvalue weighted by Crippen LogP contribution is -2.46. The minimum atomic E-state index is -0.789. The maximum absolute atomic E-state index is 14.1. The number of hydrogen-bond donors (Lipinski definition) is 1. The Morgan fingerprint density at radius 2 is 1.92 bits per heavy atom. The highest BCUT2D eigenvalue weighted by molar-refractivity contribution is 5.93. The van der Waals surface area contributed by atoms with Gasteiger partial charge in [0.1, 0.15) is 24.7 Å². The highest BCUT2D eigenvalue weighted by Crippen LogP contribution is 2.20. The van der Waals surface area contributed by atoms with Gasteiger partial charge in [-0.15, -0.1) is 0 Å². The van der Waals surface area contributed by atoms with Gasteiger partial charge in [0, 0.05) is 56.0 Å². The third kappa shape index (κ3) is 7.32. The summed E-state index contributed by atoms with van der Waals surface area (Å²) >= 11 is 0. The molecule has 0 spiro atoms. The molecule has 1 heterocycles. The van der Waals surface area contributed by atoms with Gasteiger partial charge in [-0.1, -0.05) is 24.0 Å². The molecular weight excluding hydrogens is 475 g/mol. The number of halogens is 1. The summed E-state index contributed by atoms with van der Waals surface area (Å²) in [5.41, 5.74) is 7.75. The van der Waals surface area contributed by atoms with Gasteiger partial charge in [0.15, 0.2) is 0 Å². The van der Waals surface area contributed by atoms with Gasteiger partial charge in [0.25, 0.3) is 5.91 Å². The van der Waals surface area contributed by atoms with Crippen molar-refractivity contribution in [3.05, 3.63) is 64.5 Å². The van der Waals surface area contributed by atoms with Crippen molar-refractivity contribution in [2.24, 2.45) is 5.73 Å². The molecule has 1 aliphatic rings. The topological polar surface area (TPSA) is 104 Å². The molecule has 1 aliphatic heterocycles. The number of primary amides is 1. The highest BCUT2D eigenvalue weighted by atomic mass is 19.1. The number of rotatable bonds is 11. The number of nitrogens with two attached hydrogens (primary N) is 1. The van der Waals surface area contributed by atoms with Crippen LogP contribution >= 0.6 is 0 Å². The number of piperazine rings is 1. The van der Waals surface area contributed by atoms with E-state index in [0.29, 0.717) is 43.9 Å². The van der Waals surface area contributed by atoms with Crippen LogP contribution in [0, 0.1) is 17.7 Å². The second kappa shape index (κ2) is 13.4. The van der Waals surface area contributed by atoms with E-state index >= 15 is 0 Å². The first-order chi connectivity index (χ1) is 17.9. The summed E-state index contributed by atoms with van der Waals surface area (Å²) in [6.45, 7) is 3.71. The number of benzene rings is 2. The second-order valence-corrected chi connectivity index (χ2v) is 8.95. The van der Waals surface area contributed by atoms with Gasteiger partial charge in [0.2, 0.25) is 0 Å². The van der Waals surface area contributed by atoms with E-state index in [-0.39, 0.29) is 12.0 Å². The number of carbonyl (C=O) groups excluding carboxylic acids is 4. The van der Waals surface area contributed by atoms with Gasteiger partial charge in [-0.2, -0.15) is 0 Å². The molecule has 194 valence electrons. The first-order valence-corrected chi connectivity index (χ1v) is 12.1. The normalized spacial score (nSPS) is 14.5. The number of anilines is 1. The Morgan fingerprint density at radius 1 is 1.16 bits per heavy atom. The molecule has 1 unspecified atom stereocenters. The number of amides is 1. The van der Waals surface area contributed by atoms with E-state index in [1.807, 2.05) is 15.9 Å². The van der Waals surface area contributed by atoms with Gasteiger partial charge in [0.05, 0.1) is 18.2 Å². The molecule has 0 bridgehead atoms. The van der Waals surface area contributed by atoms with Crippen LogP contribution in [-0.4, -0.2) is 80.4 Å². The number of carbonyl (C=O) groups is 4. The van der Waals surface area contributed by atoms with Crippen LogP contribution in [0.3, 0.4) is 0 Å². The summed E-state index contributed by atoms with van der Waals surface area (Å²) in [7, 11) is 1.79. The lowest BCUT2D eigenvalue weighted by Gasteiger charge is -2.35. The standard InChI is InChI=1S/C28H31FN4O4/c1-31(24(20-36)8-4-16-34)18-26-21(5-2-6-22(26)19-35)7-3-11-32-12-14-33(15-13-32)23-9-10-25(28(30)37)27(29)17-23/h2,5-6,9-10,16-17,19-20,24H,4,8,11-15,18H2,1H3,(H2,30,37). The van der Waals surface area contributed by atoms with Crippen molar-refractivity contribution in [3.63, 3.8) is 0 Å². The monoisotopic (exact) mass is 506 g/mol. The second-order valence-electron chi connectivity index (χ2n) is 8.95. The quantitative estimate of drug-likeness (QED) is 0.367. The zero-order valence-electron chi connectivity index (χ0n) is 20.9. The molecule has 2 aromatic rings. The minimum absolute atomic E-state index is 0.121. The molecule has 1 saturated heterocycles. The maximum atomic E-state index is 14.1. The van der Waals surface area contributed by atoms with Crippen molar-refractivity contribution in [1.29, 1.82) is 0 Å². The Kier molecular flexibility index (Phi) is 10.1. The van der Waals surface area contributed by atoms with Gasteiger partial charge in [-0.05, 0) is 43.3 Å². The van der Waals surface area contributed by atoms with Crippen molar-refractivity contribution < 1.29 is 23.6 Å².